The zero-order valence-corrected chi connectivity index (χ0v) is 10.6. The summed E-state index contributed by atoms with van der Waals surface area (Å²) >= 11 is 5.89. The third-order valence-corrected chi connectivity index (χ3v) is 2.61. The summed E-state index contributed by atoms with van der Waals surface area (Å²) in [4.78, 5) is 23.1. The maximum absolute atomic E-state index is 11.0. The molecule has 0 aliphatic heterocycles. The number of carbonyl (C=O) groups excluding carboxylic acids is 1. The number of hydrogen-bond donors (Lipinski definition) is 2. The predicted molar refractivity (Wildman–Crippen MR) is 65.6 cm³/mol. The van der Waals surface area contributed by atoms with E-state index in [9.17, 15) is 4.79 Å². The number of anilines is 1. The molecule has 2 aromatic heterocycles. The molecule has 2 aromatic rings. The van der Waals surface area contributed by atoms with Crippen molar-refractivity contribution in [2.75, 3.05) is 5.32 Å². The van der Waals surface area contributed by atoms with E-state index in [1.807, 2.05) is 6.92 Å². The second kappa shape index (κ2) is 5.09. The normalized spacial score (nSPS) is 12.2. The fourth-order valence-electron chi connectivity index (χ4n) is 1.46. The number of rotatable bonds is 4. The molecule has 0 amide bonds. The van der Waals surface area contributed by atoms with Crippen molar-refractivity contribution in [2.24, 2.45) is 0 Å². The number of hydrogen-bond acceptors (Lipinski definition) is 6. The van der Waals surface area contributed by atoms with E-state index in [1.54, 1.807) is 6.92 Å². The summed E-state index contributed by atoms with van der Waals surface area (Å²) in [6, 6.07) is -0.184. The Bertz CT molecular complexity index is 556. The van der Waals surface area contributed by atoms with E-state index in [4.69, 9.17) is 11.6 Å². The smallest absolute Gasteiger partial charge is 0.156 e. The number of aromatic nitrogens is 5. The molecule has 0 bridgehead atoms. The van der Waals surface area contributed by atoms with E-state index in [1.165, 1.54) is 6.33 Å². The molecule has 0 fully saturated rings. The van der Waals surface area contributed by atoms with E-state index in [2.05, 4.69) is 30.5 Å². The summed E-state index contributed by atoms with van der Waals surface area (Å²) < 4.78 is 0. The summed E-state index contributed by atoms with van der Waals surface area (Å²) in [5.74, 6) is 1.50. The molecule has 0 radical (unpaired) electrons. The first-order valence-corrected chi connectivity index (χ1v) is 5.60. The molecule has 1 atom stereocenters. The number of aldehydes is 1. The van der Waals surface area contributed by atoms with Gasteiger partial charge in [0, 0.05) is 0 Å². The molecule has 0 saturated heterocycles. The first-order chi connectivity index (χ1) is 8.61. The summed E-state index contributed by atoms with van der Waals surface area (Å²) in [5.41, 5.74) is 0.230. The second-order valence-corrected chi connectivity index (χ2v) is 4.04. The fraction of sp³-hybridized carbons (Fsp3) is 0.300. The average Bonchev–Trinajstić information content (AvgIpc) is 2.81. The van der Waals surface area contributed by atoms with Crippen LogP contribution in [0.5, 0.6) is 0 Å². The quantitative estimate of drug-likeness (QED) is 0.644. The molecule has 1 unspecified atom stereocenters. The van der Waals surface area contributed by atoms with Gasteiger partial charge in [0.2, 0.25) is 0 Å². The SMILES string of the molecule is Cc1nc(Cl)c(C=O)c(NC(C)c2ncn[nH]2)n1. The third kappa shape index (κ3) is 2.45. The van der Waals surface area contributed by atoms with E-state index < -0.39 is 0 Å². The van der Waals surface area contributed by atoms with Gasteiger partial charge in [-0.2, -0.15) is 5.10 Å². The zero-order valence-electron chi connectivity index (χ0n) is 9.81. The summed E-state index contributed by atoms with van der Waals surface area (Å²) in [5, 5.41) is 9.67. The minimum absolute atomic E-state index is 0.129. The highest BCUT2D eigenvalue weighted by molar-refractivity contribution is 6.32. The first-order valence-electron chi connectivity index (χ1n) is 5.23. The van der Waals surface area contributed by atoms with Crippen LogP contribution in [0.4, 0.5) is 5.82 Å². The van der Waals surface area contributed by atoms with Gasteiger partial charge in [-0.3, -0.25) is 9.89 Å². The number of aromatic amines is 1. The molecule has 0 aliphatic rings. The lowest BCUT2D eigenvalue weighted by atomic mass is 10.2. The lowest BCUT2D eigenvalue weighted by Crippen LogP contribution is -2.13. The van der Waals surface area contributed by atoms with Crippen LogP contribution in [0.15, 0.2) is 6.33 Å². The van der Waals surface area contributed by atoms with Gasteiger partial charge in [0.15, 0.2) is 6.29 Å². The molecule has 8 heteroatoms. The number of carbonyl (C=O) groups is 1. The highest BCUT2D eigenvalue weighted by atomic mass is 35.5. The molecule has 94 valence electrons. The van der Waals surface area contributed by atoms with Gasteiger partial charge < -0.3 is 5.32 Å². The van der Waals surface area contributed by atoms with Crippen molar-refractivity contribution in [3.8, 4) is 0 Å². The lowest BCUT2D eigenvalue weighted by molar-refractivity contribution is 0.112. The van der Waals surface area contributed by atoms with Gasteiger partial charge in [0.1, 0.15) is 28.9 Å². The van der Waals surface area contributed by atoms with Crippen LogP contribution in [0.1, 0.15) is 35.0 Å². The van der Waals surface area contributed by atoms with Gasteiger partial charge in [-0.25, -0.2) is 15.0 Å². The van der Waals surface area contributed by atoms with E-state index in [0.29, 0.717) is 23.8 Å². The minimum Gasteiger partial charge on any atom is -0.360 e. The molecule has 2 N–H and O–H groups in total. The Morgan fingerprint density at radius 1 is 1.50 bits per heavy atom. The van der Waals surface area contributed by atoms with Crippen molar-refractivity contribution in [3.63, 3.8) is 0 Å². The van der Waals surface area contributed by atoms with Crippen LogP contribution in [0, 0.1) is 6.92 Å². The average molecular weight is 267 g/mol. The van der Waals surface area contributed by atoms with Gasteiger partial charge in [-0.1, -0.05) is 11.6 Å². The van der Waals surface area contributed by atoms with Gasteiger partial charge in [0.05, 0.1) is 11.6 Å². The monoisotopic (exact) mass is 266 g/mol. The van der Waals surface area contributed by atoms with Crippen molar-refractivity contribution in [2.45, 2.75) is 19.9 Å². The molecule has 0 spiro atoms. The van der Waals surface area contributed by atoms with Gasteiger partial charge in [0.25, 0.3) is 0 Å². The molecule has 0 aromatic carbocycles. The van der Waals surface area contributed by atoms with Crippen molar-refractivity contribution in [1.82, 2.24) is 25.1 Å². The maximum atomic E-state index is 11.0. The van der Waals surface area contributed by atoms with Crippen LogP contribution >= 0.6 is 11.6 Å². The van der Waals surface area contributed by atoms with E-state index in [-0.39, 0.29) is 16.8 Å². The van der Waals surface area contributed by atoms with Crippen LogP contribution in [-0.4, -0.2) is 31.4 Å². The second-order valence-electron chi connectivity index (χ2n) is 3.68. The highest BCUT2D eigenvalue weighted by Gasteiger charge is 2.15. The van der Waals surface area contributed by atoms with Crippen LogP contribution in [0.3, 0.4) is 0 Å². The molecule has 2 heterocycles. The zero-order chi connectivity index (χ0) is 13.1. The van der Waals surface area contributed by atoms with Crippen LogP contribution < -0.4 is 5.32 Å². The van der Waals surface area contributed by atoms with Gasteiger partial charge >= 0.3 is 0 Å². The lowest BCUT2D eigenvalue weighted by Gasteiger charge is -2.14. The molecule has 7 nitrogen and oxygen atoms in total. The summed E-state index contributed by atoms with van der Waals surface area (Å²) in [6.45, 7) is 3.56. The van der Waals surface area contributed by atoms with Crippen molar-refractivity contribution in [1.29, 1.82) is 0 Å². The van der Waals surface area contributed by atoms with Crippen LogP contribution in [0.25, 0.3) is 0 Å². The Kier molecular flexibility index (Phi) is 3.52. The molecule has 2 rings (SSSR count). The molecule has 0 aliphatic carbocycles. The van der Waals surface area contributed by atoms with Crippen molar-refractivity contribution < 1.29 is 4.79 Å². The van der Waals surface area contributed by atoms with Gasteiger partial charge in [-0.05, 0) is 13.8 Å². The summed E-state index contributed by atoms with van der Waals surface area (Å²) in [7, 11) is 0. The Morgan fingerprint density at radius 3 is 2.89 bits per heavy atom. The first kappa shape index (κ1) is 12.4. The predicted octanol–water partition coefficient (Wildman–Crippen LogP) is 1.54. The number of H-pyrrole nitrogens is 1. The van der Waals surface area contributed by atoms with Crippen molar-refractivity contribution >= 4 is 23.7 Å². The Balaban J connectivity index is 2.31. The standard InChI is InChI=1S/C10H11ClN6O/c1-5(9-12-4-13-17-9)14-10-7(3-18)8(11)15-6(2)16-10/h3-5H,1-2H3,(H,12,13,17)(H,14,15,16). The molecule has 0 saturated carbocycles. The van der Waals surface area contributed by atoms with Crippen LogP contribution in [-0.2, 0) is 0 Å². The Labute approximate surface area is 108 Å². The van der Waals surface area contributed by atoms with E-state index >= 15 is 0 Å². The number of aryl methyl sites for hydroxylation is 1. The molecular weight excluding hydrogens is 256 g/mol. The molecular formula is C10H11ClN6O. The van der Waals surface area contributed by atoms with E-state index in [0.717, 1.165) is 0 Å². The Morgan fingerprint density at radius 2 is 2.28 bits per heavy atom. The Hall–Kier alpha value is -2.02. The number of nitrogens with one attached hydrogen (secondary N) is 2. The number of halogens is 1. The number of nitrogens with zero attached hydrogens (tertiary/aromatic N) is 4. The fourth-order valence-corrected chi connectivity index (χ4v) is 1.71. The molecule has 18 heavy (non-hydrogen) atoms. The maximum Gasteiger partial charge on any atom is 0.156 e. The minimum atomic E-state index is -0.184. The largest absolute Gasteiger partial charge is 0.360 e. The summed E-state index contributed by atoms with van der Waals surface area (Å²) in [6.07, 6.45) is 2.03. The van der Waals surface area contributed by atoms with Crippen LogP contribution in [0.2, 0.25) is 5.15 Å². The highest BCUT2D eigenvalue weighted by Crippen LogP contribution is 2.22. The van der Waals surface area contributed by atoms with Gasteiger partial charge in [-0.15, -0.1) is 0 Å². The van der Waals surface area contributed by atoms with Crippen molar-refractivity contribution in [3.05, 3.63) is 28.7 Å². The topological polar surface area (TPSA) is 96.5 Å². The third-order valence-electron chi connectivity index (χ3n) is 2.33.